The topological polar surface area (TPSA) is 55.1 Å². The number of halogens is 1. The van der Waals surface area contributed by atoms with Gasteiger partial charge in [0.1, 0.15) is 0 Å². The molecule has 1 aliphatic carbocycles. The molecule has 0 radical (unpaired) electrons. The van der Waals surface area contributed by atoms with Gasteiger partial charge in [0.05, 0.1) is 5.69 Å². The summed E-state index contributed by atoms with van der Waals surface area (Å²) >= 11 is 6.16. The smallest absolute Gasteiger partial charge is 0.356 e. The molecule has 0 spiro atoms. The number of hydrogen-bond acceptors (Lipinski definition) is 2. The minimum Gasteiger partial charge on any atom is -0.476 e. The average molecular weight is 291 g/mol. The van der Waals surface area contributed by atoms with Crippen LogP contribution in [-0.4, -0.2) is 20.9 Å². The molecule has 4 nitrogen and oxygen atoms in total. The summed E-state index contributed by atoms with van der Waals surface area (Å²) < 4.78 is 1.76. The maximum Gasteiger partial charge on any atom is 0.356 e. The third-order valence-corrected chi connectivity index (χ3v) is 4.26. The first kappa shape index (κ1) is 13.2. The summed E-state index contributed by atoms with van der Waals surface area (Å²) in [6.07, 6.45) is 3.74. The van der Waals surface area contributed by atoms with E-state index in [1.807, 2.05) is 25.1 Å². The maximum absolute atomic E-state index is 11.4. The molecule has 0 aliphatic heterocycles. The summed E-state index contributed by atoms with van der Waals surface area (Å²) in [7, 11) is 0. The van der Waals surface area contributed by atoms with Crippen molar-refractivity contribution in [1.82, 2.24) is 9.78 Å². The second kappa shape index (κ2) is 4.94. The first-order chi connectivity index (χ1) is 9.59. The highest BCUT2D eigenvalue weighted by molar-refractivity contribution is 6.31. The van der Waals surface area contributed by atoms with Crippen molar-refractivity contribution in [2.75, 3.05) is 0 Å². The van der Waals surface area contributed by atoms with Crippen molar-refractivity contribution in [3.05, 3.63) is 45.7 Å². The van der Waals surface area contributed by atoms with Gasteiger partial charge in [0.15, 0.2) is 5.69 Å². The molecule has 1 aliphatic rings. The Kier molecular flexibility index (Phi) is 3.26. The van der Waals surface area contributed by atoms with Gasteiger partial charge in [0.2, 0.25) is 0 Å². The van der Waals surface area contributed by atoms with Crippen LogP contribution in [0.2, 0.25) is 5.02 Å². The van der Waals surface area contributed by atoms with E-state index in [2.05, 4.69) is 5.10 Å². The van der Waals surface area contributed by atoms with Crippen LogP contribution in [0.25, 0.3) is 5.69 Å². The highest BCUT2D eigenvalue weighted by Crippen LogP contribution is 2.29. The predicted octanol–water partition coefficient (Wildman–Crippen LogP) is 3.41. The van der Waals surface area contributed by atoms with Crippen LogP contribution in [0.15, 0.2) is 18.2 Å². The first-order valence-electron chi connectivity index (χ1n) is 6.69. The van der Waals surface area contributed by atoms with E-state index in [1.54, 1.807) is 4.68 Å². The Balaban J connectivity index is 2.24. The van der Waals surface area contributed by atoms with Crippen molar-refractivity contribution >= 4 is 17.6 Å². The largest absolute Gasteiger partial charge is 0.476 e. The first-order valence-corrected chi connectivity index (χ1v) is 7.07. The standard InChI is InChI=1S/C15H15ClN2O2/c1-9-11(16)6-4-8-12(9)18-13-7-3-2-5-10(13)14(17-18)15(19)20/h4,6,8H,2-3,5,7H2,1H3,(H,19,20). The van der Waals surface area contributed by atoms with Gasteiger partial charge in [0.25, 0.3) is 0 Å². The van der Waals surface area contributed by atoms with E-state index >= 15 is 0 Å². The van der Waals surface area contributed by atoms with Crippen molar-refractivity contribution in [3.63, 3.8) is 0 Å². The SMILES string of the molecule is Cc1c(Cl)cccc1-n1nc(C(=O)O)c2c1CCCC2. The zero-order valence-corrected chi connectivity index (χ0v) is 11.9. The molecule has 104 valence electrons. The number of fused-ring (bicyclic) bond motifs is 1. The number of aromatic carboxylic acids is 1. The highest BCUT2D eigenvalue weighted by Gasteiger charge is 2.25. The lowest BCUT2D eigenvalue weighted by Gasteiger charge is -2.15. The summed E-state index contributed by atoms with van der Waals surface area (Å²) in [6, 6.07) is 5.62. The van der Waals surface area contributed by atoms with E-state index in [0.717, 1.165) is 48.2 Å². The molecule has 20 heavy (non-hydrogen) atoms. The fourth-order valence-electron chi connectivity index (χ4n) is 2.80. The second-order valence-electron chi connectivity index (χ2n) is 5.08. The van der Waals surface area contributed by atoms with Gasteiger partial charge in [-0.15, -0.1) is 0 Å². The molecule has 2 aromatic rings. The number of hydrogen-bond donors (Lipinski definition) is 1. The van der Waals surface area contributed by atoms with Crippen LogP contribution in [0.3, 0.4) is 0 Å². The molecule has 1 N–H and O–H groups in total. The van der Waals surface area contributed by atoms with Crippen molar-refractivity contribution in [3.8, 4) is 5.69 Å². The van der Waals surface area contributed by atoms with Crippen LogP contribution in [0, 0.1) is 6.92 Å². The molecule has 1 aromatic carbocycles. The Morgan fingerprint density at radius 3 is 2.85 bits per heavy atom. The van der Waals surface area contributed by atoms with Gasteiger partial charge in [-0.25, -0.2) is 9.48 Å². The van der Waals surface area contributed by atoms with E-state index < -0.39 is 5.97 Å². The van der Waals surface area contributed by atoms with Crippen molar-refractivity contribution in [2.24, 2.45) is 0 Å². The number of carboxylic acids is 1. The Morgan fingerprint density at radius 1 is 1.35 bits per heavy atom. The molecule has 1 aromatic heterocycles. The number of benzene rings is 1. The average Bonchev–Trinajstić information content (AvgIpc) is 2.82. The third-order valence-electron chi connectivity index (χ3n) is 3.85. The zero-order valence-electron chi connectivity index (χ0n) is 11.2. The van der Waals surface area contributed by atoms with E-state index in [9.17, 15) is 9.90 Å². The minimum atomic E-state index is -0.957. The molecular weight excluding hydrogens is 276 g/mol. The van der Waals surface area contributed by atoms with E-state index in [4.69, 9.17) is 11.6 Å². The minimum absolute atomic E-state index is 0.180. The Labute approximate surface area is 122 Å². The maximum atomic E-state index is 11.4. The Bertz CT molecular complexity index is 691. The molecule has 0 amide bonds. The molecule has 5 heteroatoms. The van der Waals surface area contributed by atoms with Gasteiger partial charge in [-0.1, -0.05) is 17.7 Å². The fourth-order valence-corrected chi connectivity index (χ4v) is 2.97. The van der Waals surface area contributed by atoms with Gasteiger partial charge >= 0.3 is 5.97 Å². The normalized spacial score (nSPS) is 14.1. The number of nitrogens with zero attached hydrogens (tertiary/aromatic N) is 2. The van der Waals surface area contributed by atoms with Crippen LogP contribution in [0.1, 0.15) is 40.2 Å². The molecule has 0 saturated heterocycles. The van der Waals surface area contributed by atoms with Crippen molar-refractivity contribution in [1.29, 1.82) is 0 Å². The lowest BCUT2D eigenvalue weighted by molar-refractivity contribution is 0.0688. The van der Waals surface area contributed by atoms with E-state index in [-0.39, 0.29) is 5.69 Å². The van der Waals surface area contributed by atoms with Crippen LogP contribution in [0.4, 0.5) is 0 Å². The van der Waals surface area contributed by atoms with Gasteiger partial charge in [-0.2, -0.15) is 5.10 Å². The summed E-state index contributed by atoms with van der Waals surface area (Å²) in [5.41, 5.74) is 3.85. The van der Waals surface area contributed by atoms with Crippen molar-refractivity contribution in [2.45, 2.75) is 32.6 Å². The highest BCUT2D eigenvalue weighted by atomic mass is 35.5. The van der Waals surface area contributed by atoms with Crippen LogP contribution >= 0.6 is 11.6 Å². The third kappa shape index (κ3) is 2.00. The number of rotatable bonds is 2. The Morgan fingerprint density at radius 2 is 2.10 bits per heavy atom. The summed E-state index contributed by atoms with van der Waals surface area (Å²) in [5, 5.41) is 14.3. The zero-order chi connectivity index (χ0) is 14.3. The summed E-state index contributed by atoms with van der Waals surface area (Å²) in [5.74, 6) is -0.957. The van der Waals surface area contributed by atoms with Gasteiger partial charge in [0, 0.05) is 16.3 Å². The van der Waals surface area contributed by atoms with Gasteiger partial charge in [-0.3, -0.25) is 0 Å². The molecule has 1 heterocycles. The van der Waals surface area contributed by atoms with Gasteiger partial charge < -0.3 is 5.11 Å². The molecular formula is C15H15ClN2O2. The number of carbonyl (C=O) groups is 1. The molecule has 0 atom stereocenters. The fraction of sp³-hybridized carbons (Fsp3) is 0.333. The Hall–Kier alpha value is -1.81. The monoisotopic (exact) mass is 290 g/mol. The second-order valence-corrected chi connectivity index (χ2v) is 5.49. The molecule has 0 saturated carbocycles. The number of aromatic nitrogens is 2. The quantitative estimate of drug-likeness (QED) is 0.922. The molecule has 0 unspecified atom stereocenters. The van der Waals surface area contributed by atoms with Crippen LogP contribution in [0.5, 0.6) is 0 Å². The van der Waals surface area contributed by atoms with Crippen LogP contribution in [-0.2, 0) is 12.8 Å². The van der Waals surface area contributed by atoms with E-state index in [1.165, 1.54) is 0 Å². The molecule has 0 bridgehead atoms. The summed E-state index contributed by atoms with van der Waals surface area (Å²) in [6.45, 7) is 1.93. The van der Waals surface area contributed by atoms with E-state index in [0.29, 0.717) is 5.02 Å². The summed E-state index contributed by atoms with van der Waals surface area (Å²) in [4.78, 5) is 11.4. The predicted molar refractivity (Wildman–Crippen MR) is 76.9 cm³/mol. The molecule has 3 rings (SSSR count). The number of carboxylic acid groups (broad SMARTS) is 1. The van der Waals surface area contributed by atoms with Gasteiger partial charge in [-0.05, 0) is 50.3 Å². The van der Waals surface area contributed by atoms with Crippen molar-refractivity contribution < 1.29 is 9.90 Å². The lowest BCUT2D eigenvalue weighted by atomic mass is 9.95. The molecule has 0 fully saturated rings. The lowest BCUT2D eigenvalue weighted by Crippen LogP contribution is -2.09. The van der Waals surface area contributed by atoms with Crippen LogP contribution < -0.4 is 0 Å².